The van der Waals surface area contributed by atoms with E-state index >= 15 is 0 Å². The number of fused-ring (bicyclic) bond motifs is 1. The van der Waals surface area contributed by atoms with Crippen molar-refractivity contribution >= 4 is 28.8 Å². The normalized spacial score (nSPS) is 11.5. The number of rotatable bonds is 6. The second-order valence-electron chi connectivity index (χ2n) is 8.52. The Morgan fingerprint density at radius 3 is 2.32 bits per heavy atom. The summed E-state index contributed by atoms with van der Waals surface area (Å²) in [6, 6.07) is 23.2. The molecule has 1 heterocycles. The highest BCUT2D eigenvalue weighted by Crippen LogP contribution is 2.39. The lowest BCUT2D eigenvalue weighted by Gasteiger charge is -2.16. The highest BCUT2D eigenvalue weighted by atomic mass is 35.5. The molecule has 1 aromatic heterocycles. The number of para-hydroxylation sites is 1. The molecule has 0 atom stereocenters. The first-order valence-electron chi connectivity index (χ1n) is 11.5. The van der Waals surface area contributed by atoms with Crippen molar-refractivity contribution in [2.45, 2.75) is 12.8 Å². The molecular weight excluding hydrogens is 518 g/mol. The van der Waals surface area contributed by atoms with E-state index in [9.17, 15) is 22.4 Å². The molecule has 190 valence electrons. The predicted octanol–water partition coefficient (Wildman–Crippen LogP) is 8.77. The highest BCUT2D eigenvalue weighted by Gasteiger charge is 2.33. The molecule has 3 nitrogen and oxygen atoms in total. The number of carbonyl (C=O) groups is 1. The molecular formula is C30H18ClF4NO2. The summed E-state index contributed by atoms with van der Waals surface area (Å²) in [7, 11) is 0. The number of aromatic nitrogens is 1. The molecule has 38 heavy (non-hydrogen) atoms. The SMILES string of the molecule is O=Cc1ccc(-c2cc3cccc(C(F)(F)F)c3nc2-c2cccc(OCc3c(F)cccc3Cl)c2)cc1. The molecule has 0 saturated carbocycles. The number of hydrogen-bond donors (Lipinski definition) is 0. The largest absolute Gasteiger partial charge is 0.489 e. The van der Waals surface area contributed by atoms with E-state index in [2.05, 4.69) is 4.98 Å². The molecule has 0 spiro atoms. The molecule has 0 radical (unpaired) electrons. The van der Waals surface area contributed by atoms with Crippen LogP contribution in [0.5, 0.6) is 5.75 Å². The monoisotopic (exact) mass is 535 g/mol. The van der Waals surface area contributed by atoms with E-state index in [1.54, 1.807) is 66.7 Å². The van der Waals surface area contributed by atoms with Crippen LogP contribution in [-0.2, 0) is 12.8 Å². The minimum absolute atomic E-state index is 0.141. The van der Waals surface area contributed by atoms with Gasteiger partial charge >= 0.3 is 6.18 Å². The Hall–Kier alpha value is -4.23. The average Bonchev–Trinajstić information content (AvgIpc) is 2.91. The molecule has 0 saturated heterocycles. The van der Waals surface area contributed by atoms with Crippen LogP contribution in [0.2, 0.25) is 5.02 Å². The molecule has 0 aliphatic heterocycles. The first-order valence-corrected chi connectivity index (χ1v) is 11.8. The summed E-state index contributed by atoms with van der Waals surface area (Å²) in [5.41, 5.74) is 1.65. The van der Waals surface area contributed by atoms with Crippen LogP contribution in [-0.4, -0.2) is 11.3 Å². The van der Waals surface area contributed by atoms with Crippen molar-refractivity contribution in [3.05, 3.63) is 119 Å². The molecule has 0 N–H and O–H groups in total. The molecule has 0 unspecified atom stereocenters. The van der Waals surface area contributed by atoms with Gasteiger partial charge in [-0.15, -0.1) is 0 Å². The second-order valence-corrected chi connectivity index (χ2v) is 8.92. The van der Waals surface area contributed by atoms with E-state index in [4.69, 9.17) is 16.3 Å². The van der Waals surface area contributed by atoms with Gasteiger partial charge in [0.05, 0.1) is 21.8 Å². The highest BCUT2D eigenvalue weighted by molar-refractivity contribution is 6.31. The maximum absolute atomic E-state index is 14.2. The van der Waals surface area contributed by atoms with Gasteiger partial charge in [-0.25, -0.2) is 9.37 Å². The number of nitrogens with zero attached hydrogens (tertiary/aromatic N) is 1. The van der Waals surface area contributed by atoms with Gasteiger partial charge in [0.1, 0.15) is 24.5 Å². The van der Waals surface area contributed by atoms with E-state index in [0.717, 1.165) is 6.07 Å². The number of aldehydes is 1. The average molecular weight is 536 g/mol. The van der Waals surface area contributed by atoms with E-state index < -0.39 is 17.6 Å². The van der Waals surface area contributed by atoms with Crippen LogP contribution in [0, 0.1) is 5.82 Å². The lowest BCUT2D eigenvalue weighted by atomic mass is 9.95. The molecule has 0 aliphatic rings. The number of pyridine rings is 1. The van der Waals surface area contributed by atoms with Gasteiger partial charge in [-0.2, -0.15) is 13.2 Å². The Morgan fingerprint density at radius 1 is 0.868 bits per heavy atom. The van der Waals surface area contributed by atoms with Crippen LogP contribution in [0.3, 0.4) is 0 Å². The molecule has 0 amide bonds. The predicted molar refractivity (Wildman–Crippen MR) is 139 cm³/mol. The van der Waals surface area contributed by atoms with Crippen molar-refractivity contribution < 1.29 is 27.1 Å². The standard InChI is InChI=1S/C30H18ClF4NO2/c31-26-8-3-9-27(32)24(26)17-38-22-6-1-4-20(14-22)28-23(19-12-10-18(16-37)11-13-19)15-21-5-2-7-25(29(21)36-28)30(33,34)35/h1-16H,17H2. The molecule has 0 bridgehead atoms. The summed E-state index contributed by atoms with van der Waals surface area (Å²) in [5.74, 6) is -0.152. The zero-order chi connectivity index (χ0) is 26.9. The second kappa shape index (κ2) is 10.3. The van der Waals surface area contributed by atoms with Gasteiger partial charge in [-0.05, 0) is 42.0 Å². The molecule has 0 fully saturated rings. The van der Waals surface area contributed by atoms with Crippen molar-refractivity contribution in [2.24, 2.45) is 0 Å². The first kappa shape index (κ1) is 25.4. The lowest BCUT2D eigenvalue weighted by Crippen LogP contribution is -2.07. The summed E-state index contributed by atoms with van der Waals surface area (Å²) in [4.78, 5) is 15.6. The summed E-state index contributed by atoms with van der Waals surface area (Å²) in [5, 5.41) is 0.540. The number of ether oxygens (including phenoxy) is 1. The summed E-state index contributed by atoms with van der Waals surface area (Å²) in [6.07, 6.45) is -3.89. The zero-order valence-electron chi connectivity index (χ0n) is 19.6. The first-order chi connectivity index (χ1) is 18.2. The van der Waals surface area contributed by atoms with Gasteiger partial charge < -0.3 is 4.74 Å². The topological polar surface area (TPSA) is 39.2 Å². The number of alkyl halides is 3. The van der Waals surface area contributed by atoms with Gasteiger partial charge in [0, 0.05) is 27.6 Å². The van der Waals surface area contributed by atoms with Gasteiger partial charge in [-0.1, -0.05) is 66.2 Å². The van der Waals surface area contributed by atoms with Crippen molar-refractivity contribution in [2.75, 3.05) is 0 Å². The third kappa shape index (κ3) is 5.10. The van der Waals surface area contributed by atoms with E-state index in [1.807, 2.05) is 0 Å². The Labute approximate surface area is 220 Å². The molecule has 5 rings (SSSR count). The van der Waals surface area contributed by atoms with Gasteiger partial charge in [0.25, 0.3) is 0 Å². The molecule has 0 aliphatic carbocycles. The number of halogens is 5. The van der Waals surface area contributed by atoms with Crippen LogP contribution in [0.1, 0.15) is 21.5 Å². The van der Waals surface area contributed by atoms with Crippen LogP contribution < -0.4 is 4.74 Å². The number of benzene rings is 4. The minimum Gasteiger partial charge on any atom is -0.489 e. The molecule has 8 heteroatoms. The van der Waals surface area contributed by atoms with E-state index in [0.29, 0.717) is 45.4 Å². The fourth-order valence-electron chi connectivity index (χ4n) is 4.17. The van der Waals surface area contributed by atoms with E-state index in [1.165, 1.54) is 18.2 Å². The van der Waals surface area contributed by atoms with Crippen LogP contribution in [0.15, 0.2) is 91.0 Å². The lowest BCUT2D eigenvalue weighted by molar-refractivity contribution is -0.136. The van der Waals surface area contributed by atoms with Crippen LogP contribution in [0.25, 0.3) is 33.3 Å². The van der Waals surface area contributed by atoms with Crippen molar-refractivity contribution in [3.8, 4) is 28.1 Å². The van der Waals surface area contributed by atoms with Crippen LogP contribution in [0.4, 0.5) is 17.6 Å². The molecule has 5 aromatic rings. The molecule has 4 aromatic carbocycles. The van der Waals surface area contributed by atoms with Crippen molar-refractivity contribution in [1.29, 1.82) is 0 Å². The Kier molecular flexibility index (Phi) is 6.87. The zero-order valence-corrected chi connectivity index (χ0v) is 20.4. The fourth-order valence-corrected chi connectivity index (χ4v) is 4.39. The third-order valence-corrected chi connectivity index (χ3v) is 6.42. The maximum atomic E-state index is 14.2. The quantitative estimate of drug-likeness (QED) is 0.161. The summed E-state index contributed by atoms with van der Waals surface area (Å²) in [6.45, 7) is -0.141. The number of hydrogen-bond acceptors (Lipinski definition) is 3. The Morgan fingerprint density at radius 2 is 1.61 bits per heavy atom. The van der Waals surface area contributed by atoms with Gasteiger partial charge in [0.2, 0.25) is 0 Å². The fraction of sp³-hybridized carbons (Fsp3) is 0.0667. The van der Waals surface area contributed by atoms with E-state index in [-0.39, 0.29) is 22.7 Å². The Balaban J connectivity index is 1.64. The maximum Gasteiger partial charge on any atom is 0.418 e. The third-order valence-electron chi connectivity index (χ3n) is 6.06. The van der Waals surface area contributed by atoms with Crippen molar-refractivity contribution in [3.63, 3.8) is 0 Å². The minimum atomic E-state index is -4.60. The number of carbonyl (C=O) groups excluding carboxylic acids is 1. The summed E-state index contributed by atoms with van der Waals surface area (Å²) >= 11 is 6.10. The van der Waals surface area contributed by atoms with Crippen molar-refractivity contribution in [1.82, 2.24) is 4.98 Å². The Bertz CT molecular complexity index is 1630. The van der Waals surface area contributed by atoms with Gasteiger partial charge in [-0.3, -0.25) is 4.79 Å². The smallest absolute Gasteiger partial charge is 0.418 e. The summed E-state index contributed by atoms with van der Waals surface area (Å²) < 4.78 is 61.4. The van der Waals surface area contributed by atoms with Gasteiger partial charge in [0.15, 0.2) is 0 Å². The van der Waals surface area contributed by atoms with Crippen LogP contribution >= 0.6 is 11.6 Å².